The zero-order chi connectivity index (χ0) is 21.9. The standard InChI is InChI=1S/C24H30N6O2/c1-17-4-3-5-20(12-17)18(2)27-28-22-13-21(29-7-10-31-11-8-29)23-24(26-22)30(16-25-23)14-19-6-9-32-15-19/h3-5,12-13,16,19H,6-11,14-15H2,1-2H3,(H,26,28)/b27-18+/t19-/m0/s1. The highest BCUT2D eigenvalue weighted by Gasteiger charge is 2.22. The van der Waals surface area contributed by atoms with E-state index in [1.165, 1.54) is 5.56 Å². The van der Waals surface area contributed by atoms with Crippen LogP contribution in [-0.2, 0) is 16.0 Å². The first-order chi connectivity index (χ1) is 15.7. The van der Waals surface area contributed by atoms with Crippen LogP contribution in [0.5, 0.6) is 0 Å². The van der Waals surface area contributed by atoms with E-state index in [-0.39, 0.29) is 0 Å². The van der Waals surface area contributed by atoms with Crippen LogP contribution in [-0.4, -0.2) is 59.8 Å². The van der Waals surface area contributed by atoms with E-state index >= 15 is 0 Å². The van der Waals surface area contributed by atoms with Gasteiger partial charge >= 0.3 is 0 Å². The molecular formula is C24H30N6O2. The summed E-state index contributed by atoms with van der Waals surface area (Å²) in [5.41, 5.74) is 9.31. The summed E-state index contributed by atoms with van der Waals surface area (Å²) in [6, 6.07) is 10.4. The van der Waals surface area contributed by atoms with Gasteiger partial charge in [-0.25, -0.2) is 9.97 Å². The highest BCUT2D eigenvalue weighted by atomic mass is 16.5. The van der Waals surface area contributed by atoms with Gasteiger partial charge in [0.2, 0.25) is 0 Å². The van der Waals surface area contributed by atoms with Crippen LogP contribution in [0.3, 0.4) is 0 Å². The highest BCUT2D eigenvalue weighted by molar-refractivity contribution is 5.99. The van der Waals surface area contributed by atoms with Crippen molar-refractivity contribution in [1.82, 2.24) is 14.5 Å². The van der Waals surface area contributed by atoms with Crippen molar-refractivity contribution in [2.75, 3.05) is 49.8 Å². The lowest BCUT2D eigenvalue weighted by Crippen LogP contribution is -2.36. The molecular weight excluding hydrogens is 404 g/mol. The number of ether oxygens (including phenoxy) is 2. The molecule has 0 radical (unpaired) electrons. The van der Waals surface area contributed by atoms with Gasteiger partial charge in [0, 0.05) is 38.2 Å². The number of pyridine rings is 1. The monoisotopic (exact) mass is 434 g/mol. The van der Waals surface area contributed by atoms with Crippen LogP contribution in [0.15, 0.2) is 41.8 Å². The SMILES string of the molecule is C/C(=N\Nc1cc(N2CCOCC2)c2ncn(C[C@@H]3CCOC3)c2n1)c1cccc(C)c1. The average Bonchev–Trinajstić information content (AvgIpc) is 3.48. The van der Waals surface area contributed by atoms with Crippen molar-refractivity contribution >= 4 is 28.4 Å². The molecule has 5 rings (SSSR count). The number of fused-ring (bicyclic) bond motifs is 1. The molecule has 4 heterocycles. The smallest absolute Gasteiger partial charge is 0.164 e. The van der Waals surface area contributed by atoms with Crippen LogP contribution in [0.4, 0.5) is 11.5 Å². The molecule has 0 unspecified atom stereocenters. The third kappa shape index (κ3) is 4.47. The van der Waals surface area contributed by atoms with E-state index in [9.17, 15) is 0 Å². The lowest BCUT2D eigenvalue weighted by molar-refractivity contribution is 0.123. The van der Waals surface area contributed by atoms with Gasteiger partial charge in [0.15, 0.2) is 11.5 Å². The Morgan fingerprint density at radius 2 is 2.06 bits per heavy atom. The van der Waals surface area contributed by atoms with Gasteiger partial charge in [-0.1, -0.05) is 29.8 Å². The number of nitrogens with one attached hydrogen (secondary N) is 1. The minimum atomic E-state index is 0.499. The molecule has 8 heteroatoms. The number of morpholine rings is 1. The molecule has 0 aliphatic carbocycles. The average molecular weight is 435 g/mol. The predicted molar refractivity (Wildman–Crippen MR) is 126 cm³/mol. The summed E-state index contributed by atoms with van der Waals surface area (Å²) in [5.74, 6) is 1.22. The molecule has 3 aromatic rings. The van der Waals surface area contributed by atoms with Crippen molar-refractivity contribution in [3.63, 3.8) is 0 Å². The maximum Gasteiger partial charge on any atom is 0.164 e. The zero-order valence-electron chi connectivity index (χ0n) is 18.8. The van der Waals surface area contributed by atoms with E-state index in [0.29, 0.717) is 5.92 Å². The number of nitrogens with zero attached hydrogens (tertiary/aromatic N) is 5. The van der Waals surface area contributed by atoms with E-state index in [2.05, 4.69) is 57.2 Å². The summed E-state index contributed by atoms with van der Waals surface area (Å²) >= 11 is 0. The lowest BCUT2D eigenvalue weighted by Gasteiger charge is -2.29. The van der Waals surface area contributed by atoms with E-state index in [1.807, 2.05) is 13.3 Å². The van der Waals surface area contributed by atoms with Crippen LogP contribution in [0, 0.1) is 12.8 Å². The van der Waals surface area contributed by atoms with Gasteiger partial charge in [0.05, 0.1) is 37.5 Å². The van der Waals surface area contributed by atoms with Crippen LogP contribution < -0.4 is 10.3 Å². The van der Waals surface area contributed by atoms with Gasteiger partial charge in [0.1, 0.15) is 5.52 Å². The Hall–Kier alpha value is -2.97. The van der Waals surface area contributed by atoms with Crippen LogP contribution in [0.1, 0.15) is 24.5 Å². The van der Waals surface area contributed by atoms with Gasteiger partial charge in [0.25, 0.3) is 0 Å². The molecule has 2 fully saturated rings. The van der Waals surface area contributed by atoms with Crippen molar-refractivity contribution in [2.45, 2.75) is 26.8 Å². The Morgan fingerprint density at radius 3 is 2.84 bits per heavy atom. The minimum absolute atomic E-state index is 0.499. The second kappa shape index (κ2) is 9.26. The first-order valence-corrected chi connectivity index (χ1v) is 11.3. The number of hydrogen-bond donors (Lipinski definition) is 1. The number of aryl methyl sites for hydroxylation is 1. The molecule has 0 spiro atoms. The fraction of sp³-hybridized carbons (Fsp3) is 0.458. The van der Waals surface area contributed by atoms with Gasteiger partial charge in [-0.3, -0.25) is 5.43 Å². The second-order valence-electron chi connectivity index (χ2n) is 8.60. The minimum Gasteiger partial charge on any atom is -0.381 e. The molecule has 2 aliphatic heterocycles. The topological polar surface area (TPSA) is 76.8 Å². The number of hydrazone groups is 1. The normalized spacial score (nSPS) is 19.6. The van der Waals surface area contributed by atoms with Crippen LogP contribution >= 0.6 is 0 Å². The molecule has 8 nitrogen and oxygen atoms in total. The largest absolute Gasteiger partial charge is 0.381 e. The third-order valence-electron chi connectivity index (χ3n) is 6.16. The molecule has 2 aliphatic rings. The maximum atomic E-state index is 5.57. The summed E-state index contributed by atoms with van der Waals surface area (Å²) in [7, 11) is 0. The van der Waals surface area contributed by atoms with Gasteiger partial charge in [-0.05, 0) is 25.8 Å². The fourth-order valence-electron chi connectivity index (χ4n) is 4.34. The first-order valence-electron chi connectivity index (χ1n) is 11.3. The molecule has 168 valence electrons. The van der Waals surface area contributed by atoms with E-state index in [0.717, 1.165) is 86.4 Å². The molecule has 0 saturated carbocycles. The fourth-order valence-corrected chi connectivity index (χ4v) is 4.34. The molecule has 0 bridgehead atoms. The molecule has 2 aromatic heterocycles. The van der Waals surface area contributed by atoms with Gasteiger partial charge in [-0.15, -0.1) is 0 Å². The number of hydrogen-bond acceptors (Lipinski definition) is 7. The summed E-state index contributed by atoms with van der Waals surface area (Å²) in [6.07, 6.45) is 2.99. The Kier molecular flexibility index (Phi) is 6.05. The van der Waals surface area contributed by atoms with Crippen molar-refractivity contribution in [1.29, 1.82) is 0 Å². The van der Waals surface area contributed by atoms with E-state index < -0.39 is 0 Å². The number of imidazole rings is 1. The number of aromatic nitrogens is 3. The maximum absolute atomic E-state index is 5.57. The third-order valence-corrected chi connectivity index (χ3v) is 6.16. The van der Waals surface area contributed by atoms with Crippen LogP contribution in [0.25, 0.3) is 11.2 Å². The van der Waals surface area contributed by atoms with Crippen molar-refractivity contribution in [2.24, 2.45) is 11.0 Å². The number of benzene rings is 1. The molecule has 1 N–H and O–H groups in total. The predicted octanol–water partition coefficient (Wildman–Crippen LogP) is 3.45. The second-order valence-corrected chi connectivity index (χ2v) is 8.60. The van der Waals surface area contributed by atoms with E-state index in [1.54, 1.807) is 0 Å². The summed E-state index contributed by atoms with van der Waals surface area (Å²) in [4.78, 5) is 12.0. The molecule has 0 amide bonds. The van der Waals surface area contributed by atoms with Crippen molar-refractivity contribution < 1.29 is 9.47 Å². The first kappa shape index (κ1) is 20.9. The molecule has 32 heavy (non-hydrogen) atoms. The Bertz CT molecular complexity index is 1110. The van der Waals surface area contributed by atoms with Gasteiger partial charge < -0.3 is 18.9 Å². The highest BCUT2D eigenvalue weighted by Crippen LogP contribution is 2.29. The summed E-state index contributed by atoms with van der Waals surface area (Å²) in [6.45, 7) is 9.71. The Balaban J connectivity index is 1.48. The van der Waals surface area contributed by atoms with Crippen molar-refractivity contribution in [3.8, 4) is 0 Å². The molecule has 2 saturated heterocycles. The lowest BCUT2D eigenvalue weighted by atomic mass is 10.1. The van der Waals surface area contributed by atoms with Crippen molar-refractivity contribution in [3.05, 3.63) is 47.8 Å². The number of rotatable bonds is 6. The Labute approximate surface area is 188 Å². The van der Waals surface area contributed by atoms with Crippen LogP contribution in [0.2, 0.25) is 0 Å². The number of anilines is 2. The summed E-state index contributed by atoms with van der Waals surface area (Å²) < 4.78 is 13.3. The van der Waals surface area contributed by atoms with Gasteiger partial charge in [-0.2, -0.15) is 5.10 Å². The Morgan fingerprint density at radius 1 is 1.19 bits per heavy atom. The van der Waals surface area contributed by atoms with E-state index in [4.69, 9.17) is 19.4 Å². The molecule has 1 atom stereocenters. The quantitative estimate of drug-likeness (QED) is 0.473. The summed E-state index contributed by atoms with van der Waals surface area (Å²) in [5, 5.41) is 4.63. The zero-order valence-corrected chi connectivity index (χ0v) is 18.8. The molecule has 1 aromatic carbocycles.